The Hall–Kier alpha value is -2.71. The third-order valence-corrected chi connectivity index (χ3v) is 5.15. The summed E-state index contributed by atoms with van der Waals surface area (Å²) in [4.78, 5) is 8.60. The molecule has 2 aliphatic heterocycles. The molecule has 5 nitrogen and oxygen atoms in total. The van der Waals surface area contributed by atoms with Gasteiger partial charge in [-0.1, -0.05) is 0 Å². The van der Waals surface area contributed by atoms with Crippen molar-refractivity contribution >= 4 is 6.21 Å². The number of rotatable bonds is 4. The lowest BCUT2D eigenvalue weighted by Gasteiger charge is -2.29. The third-order valence-electron chi connectivity index (χ3n) is 5.15. The molecule has 1 aromatic heterocycles. The van der Waals surface area contributed by atoms with Crippen molar-refractivity contribution in [1.82, 2.24) is 10.3 Å². The smallest absolute Gasteiger partial charge is 0.121 e. The lowest BCUT2D eigenvalue weighted by molar-refractivity contribution is 0.137. The summed E-state index contributed by atoms with van der Waals surface area (Å²) in [5, 5.41) is 13.1. The highest BCUT2D eigenvalue weighted by Gasteiger charge is 2.34. The highest BCUT2D eigenvalue weighted by molar-refractivity contribution is 5.89. The Bertz CT molecular complexity index is 859. The molecule has 1 N–H and O–H groups in total. The summed E-state index contributed by atoms with van der Waals surface area (Å²) < 4.78 is 6.29. The van der Waals surface area contributed by atoms with Crippen LogP contribution in [-0.4, -0.2) is 36.4 Å². The summed E-state index contributed by atoms with van der Waals surface area (Å²) in [7, 11) is 1.74. The van der Waals surface area contributed by atoms with Gasteiger partial charge in [0.15, 0.2) is 0 Å². The Labute approximate surface area is 153 Å². The maximum Gasteiger partial charge on any atom is 0.121 e. The molecule has 2 fully saturated rings. The first-order valence-corrected chi connectivity index (χ1v) is 9.10. The van der Waals surface area contributed by atoms with Gasteiger partial charge in [-0.05, 0) is 56.0 Å². The van der Waals surface area contributed by atoms with Crippen molar-refractivity contribution in [3.63, 3.8) is 0 Å². The predicted octanol–water partition coefficient (Wildman–Crippen LogP) is 3.33. The second-order valence-corrected chi connectivity index (χ2v) is 7.04. The number of pyridine rings is 1. The fraction of sp³-hybridized carbons (Fsp3) is 0.381. The van der Waals surface area contributed by atoms with Gasteiger partial charge in [-0.25, -0.2) is 0 Å². The van der Waals surface area contributed by atoms with Crippen LogP contribution in [0.3, 0.4) is 0 Å². The average Bonchev–Trinajstić information content (AvgIpc) is 3.00. The van der Waals surface area contributed by atoms with Crippen molar-refractivity contribution in [3.05, 3.63) is 47.7 Å². The van der Waals surface area contributed by atoms with Crippen LogP contribution in [0.4, 0.5) is 0 Å². The number of hydrogen-bond acceptors (Lipinski definition) is 5. The Kier molecular flexibility index (Phi) is 4.68. The number of hydrogen-bond donors (Lipinski definition) is 1. The van der Waals surface area contributed by atoms with E-state index in [9.17, 15) is 5.26 Å². The van der Waals surface area contributed by atoms with E-state index in [1.165, 1.54) is 12.8 Å². The van der Waals surface area contributed by atoms with Gasteiger partial charge in [-0.15, -0.1) is 0 Å². The van der Waals surface area contributed by atoms with E-state index in [0.29, 0.717) is 17.6 Å². The van der Waals surface area contributed by atoms with E-state index in [4.69, 9.17) is 4.74 Å². The molecule has 0 spiro atoms. The van der Waals surface area contributed by atoms with Crippen molar-refractivity contribution in [2.45, 2.75) is 43.9 Å². The highest BCUT2D eigenvalue weighted by atomic mass is 16.5. The molecule has 5 heteroatoms. The minimum Gasteiger partial charge on any atom is -0.490 e. The fourth-order valence-corrected chi connectivity index (χ4v) is 4.06. The molecule has 0 saturated carbocycles. The zero-order chi connectivity index (χ0) is 17.9. The van der Waals surface area contributed by atoms with Crippen LogP contribution >= 0.6 is 0 Å². The second kappa shape index (κ2) is 7.27. The second-order valence-electron chi connectivity index (χ2n) is 7.04. The van der Waals surface area contributed by atoms with Crippen molar-refractivity contribution in [1.29, 1.82) is 5.26 Å². The summed E-state index contributed by atoms with van der Waals surface area (Å²) >= 11 is 0. The molecule has 1 aromatic carbocycles. The molecule has 2 bridgehead atoms. The van der Waals surface area contributed by atoms with E-state index in [2.05, 4.69) is 21.4 Å². The van der Waals surface area contributed by atoms with Gasteiger partial charge in [0.25, 0.3) is 0 Å². The van der Waals surface area contributed by atoms with Crippen LogP contribution in [0.5, 0.6) is 5.75 Å². The van der Waals surface area contributed by atoms with Crippen LogP contribution in [0.2, 0.25) is 0 Å². The van der Waals surface area contributed by atoms with E-state index in [-0.39, 0.29) is 6.10 Å². The van der Waals surface area contributed by atoms with Crippen LogP contribution in [0.15, 0.2) is 41.5 Å². The molecule has 1 unspecified atom stereocenters. The SMILES string of the molecule is CN=Cc1cccnc1-c1cc(C#N)cc(OC2C[C@H]3CC[C@@H](C2)N3)c1. The average molecular weight is 346 g/mol. The zero-order valence-electron chi connectivity index (χ0n) is 14.9. The normalized spacial score (nSPS) is 24.5. The Morgan fingerprint density at radius 3 is 2.81 bits per heavy atom. The van der Waals surface area contributed by atoms with E-state index in [0.717, 1.165) is 35.4 Å². The molecule has 3 heterocycles. The maximum absolute atomic E-state index is 9.44. The monoisotopic (exact) mass is 346 g/mol. The zero-order valence-corrected chi connectivity index (χ0v) is 14.9. The van der Waals surface area contributed by atoms with E-state index in [1.54, 1.807) is 19.5 Å². The third kappa shape index (κ3) is 3.47. The summed E-state index contributed by atoms with van der Waals surface area (Å²) in [6.07, 6.45) is 8.28. The molecule has 0 radical (unpaired) electrons. The van der Waals surface area contributed by atoms with Gasteiger partial charge in [0.05, 0.1) is 17.3 Å². The number of aliphatic imine (C=N–C) groups is 1. The van der Waals surface area contributed by atoms with Gasteiger partial charge < -0.3 is 10.1 Å². The van der Waals surface area contributed by atoms with Gasteiger partial charge in [-0.3, -0.25) is 9.98 Å². The van der Waals surface area contributed by atoms with Crippen LogP contribution < -0.4 is 10.1 Å². The molecule has 3 atom stereocenters. The summed E-state index contributed by atoms with van der Waals surface area (Å²) in [6, 6.07) is 12.9. The van der Waals surface area contributed by atoms with Crippen molar-refractivity contribution in [3.8, 4) is 23.1 Å². The van der Waals surface area contributed by atoms with Gasteiger partial charge in [0.1, 0.15) is 11.9 Å². The number of piperidine rings is 1. The summed E-state index contributed by atoms with van der Waals surface area (Å²) in [5.41, 5.74) is 3.20. The highest BCUT2D eigenvalue weighted by Crippen LogP contribution is 2.32. The molecule has 0 amide bonds. The number of nitrogens with zero attached hydrogens (tertiary/aromatic N) is 3. The van der Waals surface area contributed by atoms with Gasteiger partial charge >= 0.3 is 0 Å². The van der Waals surface area contributed by atoms with E-state index >= 15 is 0 Å². The van der Waals surface area contributed by atoms with Crippen LogP contribution in [0.1, 0.15) is 36.8 Å². The molecule has 2 saturated heterocycles. The summed E-state index contributed by atoms with van der Waals surface area (Å²) in [6.45, 7) is 0. The topological polar surface area (TPSA) is 70.3 Å². The van der Waals surface area contributed by atoms with Crippen molar-refractivity contribution in [2.24, 2.45) is 4.99 Å². The van der Waals surface area contributed by atoms with Crippen molar-refractivity contribution < 1.29 is 4.74 Å². The van der Waals surface area contributed by atoms with E-state index < -0.39 is 0 Å². The molecule has 132 valence electrons. The molecule has 2 aliphatic rings. The fourth-order valence-electron chi connectivity index (χ4n) is 4.06. The predicted molar refractivity (Wildman–Crippen MR) is 102 cm³/mol. The molecular formula is C21H22N4O. The number of nitriles is 1. The minimum absolute atomic E-state index is 0.205. The van der Waals surface area contributed by atoms with Gasteiger partial charge in [0, 0.05) is 42.7 Å². The first-order valence-electron chi connectivity index (χ1n) is 9.10. The van der Waals surface area contributed by atoms with Crippen LogP contribution in [0.25, 0.3) is 11.3 Å². The maximum atomic E-state index is 9.44. The Morgan fingerprint density at radius 1 is 1.27 bits per heavy atom. The summed E-state index contributed by atoms with van der Waals surface area (Å²) in [5.74, 6) is 0.746. The number of benzene rings is 1. The lowest BCUT2D eigenvalue weighted by Crippen LogP contribution is -2.42. The Balaban J connectivity index is 1.65. The van der Waals surface area contributed by atoms with Crippen LogP contribution in [0, 0.1) is 11.3 Å². The van der Waals surface area contributed by atoms with Gasteiger partial charge in [0.2, 0.25) is 0 Å². The largest absolute Gasteiger partial charge is 0.490 e. The first kappa shape index (κ1) is 16.7. The molecule has 4 rings (SSSR count). The molecule has 26 heavy (non-hydrogen) atoms. The number of aromatic nitrogens is 1. The first-order chi connectivity index (χ1) is 12.7. The Morgan fingerprint density at radius 2 is 2.08 bits per heavy atom. The minimum atomic E-state index is 0.205. The van der Waals surface area contributed by atoms with Crippen LogP contribution in [-0.2, 0) is 0 Å². The van der Waals surface area contributed by atoms with E-state index in [1.807, 2.05) is 30.3 Å². The number of fused-ring (bicyclic) bond motifs is 2. The number of ether oxygens (including phenoxy) is 1. The molecular weight excluding hydrogens is 324 g/mol. The molecule has 2 aromatic rings. The standard InChI is InChI=1S/C21H22N4O/c1-23-13-15-3-2-6-24-21(15)16-7-14(12-22)8-19(9-16)26-20-10-17-4-5-18(11-20)25-17/h2-3,6-9,13,17-18,20,25H,4-5,10-11H2,1H3/t17-,18+,20?. The van der Waals surface area contributed by atoms with Crippen molar-refractivity contribution in [2.75, 3.05) is 7.05 Å². The number of nitrogens with one attached hydrogen (secondary N) is 1. The quantitative estimate of drug-likeness (QED) is 0.862. The lowest BCUT2D eigenvalue weighted by atomic mass is 10.0. The van der Waals surface area contributed by atoms with Gasteiger partial charge in [-0.2, -0.15) is 5.26 Å². The molecule has 0 aliphatic carbocycles.